The van der Waals surface area contributed by atoms with Crippen molar-refractivity contribution in [2.45, 2.75) is 77.1 Å². The monoisotopic (exact) mass is 586 g/mol. The number of ether oxygens (including phenoxy) is 1. The Balaban J connectivity index is 1.36. The summed E-state index contributed by atoms with van der Waals surface area (Å²) in [6, 6.07) is 8.77. The van der Waals surface area contributed by atoms with Gasteiger partial charge in [0.1, 0.15) is 17.8 Å². The molecule has 226 valence electrons. The van der Waals surface area contributed by atoms with Crippen LogP contribution in [0.5, 0.6) is 0 Å². The van der Waals surface area contributed by atoms with Gasteiger partial charge >= 0.3 is 0 Å². The maximum atomic E-state index is 13.6. The van der Waals surface area contributed by atoms with E-state index in [0.717, 1.165) is 43.5 Å². The molecule has 10 nitrogen and oxygen atoms in total. The van der Waals surface area contributed by atoms with Gasteiger partial charge in [-0.05, 0) is 42.7 Å². The highest BCUT2D eigenvalue weighted by molar-refractivity contribution is 7.88. The van der Waals surface area contributed by atoms with E-state index in [9.17, 15) is 13.2 Å². The van der Waals surface area contributed by atoms with E-state index in [1.165, 1.54) is 22.5 Å². The van der Waals surface area contributed by atoms with Crippen LogP contribution in [0.15, 0.2) is 30.6 Å². The zero-order chi connectivity index (χ0) is 29.9. The number of carbonyl (C=O) groups excluding carboxylic acids is 1. The Morgan fingerprint density at radius 1 is 1.10 bits per heavy atom. The molecule has 2 aliphatic heterocycles. The number of piperidine rings is 2. The molecule has 2 atom stereocenters. The lowest BCUT2D eigenvalue weighted by Crippen LogP contribution is -2.58. The number of amides is 1. The van der Waals surface area contributed by atoms with Crippen molar-refractivity contribution in [3.05, 3.63) is 53.0 Å². The minimum atomic E-state index is -3.20. The first kappa shape index (κ1) is 31.3. The molecule has 1 amide bonds. The predicted molar refractivity (Wildman–Crippen MR) is 162 cm³/mol. The highest BCUT2D eigenvalue weighted by Crippen LogP contribution is 2.27. The molecule has 3 heterocycles. The normalized spacial score (nSPS) is 21.3. The van der Waals surface area contributed by atoms with Crippen LogP contribution < -0.4 is 5.32 Å². The molecule has 11 heteroatoms. The molecule has 0 spiro atoms. The third kappa shape index (κ3) is 7.43. The average Bonchev–Trinajstić information content (AvgIpc) is 2.95. The lowest BCUT2D eigenvalue weighted by molar-refractivity contribution is -0.0408. The van der Waals surface area contributed by atoms with Crippen LogP contribution in [0.1, 0.15) is 67.2 Å². The number of carbonyl (C=O) groups is 1. The van der Waals surface area contributed by atoms with Gasteiger partial charge in [0.05, 0.1) is 12.4 Å². The van der Waals surface area contributed by atoms with Crippen LogP contribution in [0.25, 0.3) is 0 Å². The molecule has 1 N–H and O–H groups in total. The van der Waals surface area contributed by atoms with Gasteiger partial charge in [-0.25, -0.2) is 22.7 Å². The van der Waals surface area contributed by atoms with Crippen molar-refractivity contribution in [2.75, 3.05) is 51.9 Å². The van der Waals surface area contributed by atoms with Crippen LogP contribution in [0, 0.1) is 6.92 Å². The van der Waals surface area contributed by atoms with E-state index in [2.05, 4.69) is 65.2 Å². The van der Waals surface area contributed by atoms with E-state index in [4.69, 9.17) is 4.74 Å². The molecule has 2 unspecified atom stereocenters. The number of methoxy groups -OCH3 is 1. The number of nitrogens with zero attached hydrogens (tertiary/aromatic N) is 5. The van der Waals surface area contributed by atoms with Crippen LogP contribution in [0.4, 0.5) is 5.82 Å². The fourth-order valence-electron chi connectivity index (χ4n) is 5.89. The number of anilines is 1. The molecular weight excluding hydrogens is 540 g/mol. The van der Waals surface area contributed by atoms with Crippen molar-refractivity contribution in [2.24, 2.45) is 0 Å². The highest BCUT2D eigenvalue weighted by atomic mass is 32.2. The van der Waals surface area contributed by atoms with Gasteiger partial charge < -0.3 is 15.0 Å². The topological polar surface area (TPSA) is 108 Å². The Hall–Kier alpha value is -2.60. The molecule has 2 aliphatic rings. The summed E-state index contributed by atoms with van der Waals surface area (Å²) in [6.07, 6.45) is 4.94. The van der Waals surface area contributed by atoms with Crippen LogP contribution >= 0.6 is 0 Å². The minimum Gasteiger partial charge on any atom is -0.378 e. The minimum absolute atomic E-state index is 0.0234. The van der Waals surface area contributed by atoms with Crippen molar-refractivity contribution >= 4 is 21.7 Å². The molecule has 2 aromatic rings. The molecule has 0 radical (unpaired) electrons. The van der Waals surface area contributed by atoms with Gasteiger partial charge in [0.2, 0.25) is 10.0 Å². The lowest BCUT2D eigenvalue weighted by atomic mass is 9.87. The van der Waals surface area contributed by atoms with Crippen molar-refractivity contribution in [3.63, 3.8) is 0 Å². The van der Waals surface area contributed by atoms with Gasteiger partial charge in [0, 0.05) is 64.5 Å². The molecule has 1 aromatic carbocycles. The highest BCUT2D eigenvalue weighted by Gasteiger charge is 2.38. The number of benzene rings is 1. The molecular formula is C30H46N6O4S. The summed E-state index contributed by atoms with van der Waals surface area (Å²) >= 11 is 0. The van der Waals surface area contributed by atoms with Gasteiger partial charge in [0.15, 0.2) is 0 Å². The summed E-state index contributed by atoms with van der Waals surface area (Å²) in [4.78, 5) is 26.6. The largest absolute Gasteiger partial charge is 0.378 e. The SMILES string of the molecule is COC1CN(C(=O)c2ncnc(NCc3ccc(C(C)(C)C)cc3)c2C)CCC1N1CCC(N(C)S(C)(=O)=O)CC1. The first-order valence-corrected chi connectivity index (χ1v) is 16.3. The number of likely N-dealkylation sites (tertiary alicyclic amines) is 2. The van der Waals surface area contributed by atoms with E-state index < -0.39 is 10.0 Å². The Labute approximate surface area is 245 Å². The van der Waals surface area contributed by atoms with Gasteiger partial charge in [0.25, 0.3) is 5.91 Å². The molecule has 2 saturated heterocycles. The second kappa shape index (κ2) is 12.7. The number of aromatic nitrogens is 2. The molecule has 1 aromatic heterocycles. The molecule has 0 bridgehead atoms. The van der Waals surface area contributed by atoms with Crippen molar-refractivity contribution in [3.8, 4) is 0 Å². The Morgan fingerprint density at radius 3 is 2.34 bits per heavy atom. The smallest absolute Gasteiger partial charge is 0.273 e. The zero-order valence-corrected chi connectivity index (χ0v) is 26.4. The third-order valence-corrected chi connectivity index (χ3v) is 10.0. The van der Waals surface area contributed by atoms with Gasteiger partial charge in [-0.15, -0.1) is 0 Å². The fourth-order valence-corrected chi connectivity index (χ4v) is 6.64. The Morgan fingerprint density at radius 2 is 1.76 bits per heavy atom. The quantitative estimate of drug-likeness (QED) is 0.502. The lowest BCUT2D eigenvalue weighted by Gasteiger charge is -2.46. The number of hydrogen-bond acceptors (Lipinski definition) is 8. The van der Waals surface area contributed by atoms with Crippen LogP contribution in [0.2, 0.25) is 0 Å². The maximum absolute atomic E-state index is 13.6. The second-order valence-electron chi connectivity index (χ2n) is 12.4. The average molecular weight is 587 g/mol. The van der Waals surface area contributed by atoms with E-state index in [1.807, 2.05) is 11.8 Å². The number of nitrogens with one attached hydrogen (secondary N) is 1. The summed E-state index contributed by atoms with van der Waals surface area (Å²) < 4.78 is 31.3. The Kier molecular flexibility index (Phi) is 9.73. The van der Waals surface area contributed by atoms with Crippen LogP contribution in [0.3, 0.4) is 0 Å². The van der Waals surface area contributed by atoms with Crippen molar-refractivity contribution in [1.29, 1.82) is 0 Å². The summed E-state index contributed by atoms with van der Waals surface area (Å²) in [7, 11) is 0.157. The number of hydrogen-bond donors (Lipinski definition) is 1. The first-order chi connectivity index (χ1) is 19.3. The predicted octanol–water partition coefficient (Wildman–Crippen LogP) is 3.28. The summed E-state index contributed by atoms with van der Waals surface area (Å²) in [5.41, 5.74) is 3.67. The van der Waals surface area contributed by atoms with E-state index in [1.54, 1.807) is 14.2 Å². The third-order valence-electron chi connectivity index (χ3n) is 8.69. The fraction of sp³-hybridized carbons (Fsp3) is 0.633. The van der Waals surface area contributed by atoms with Gasteiger partial charge in [-0.3, -0.25) is 9.69 Å². The van der Waals surface area contributed by atoms with E-state index >= 15 is 0 Å². The molecule has 4 rings (SSSR count). The first-order valence-electron chi connectivity index (χ1n) is 14.4. The summed E-state index contributed by atoms with van der Waals surface area (Å²) in [5, 5.41) is 3.38. The molecule has 0 aliphatic carbocycles. The zero-order valence-electron chi connectivity index (χ0n) is 25.6. The molecule has 0 saturated carbocycles. The van der Waals surface area contributed by atoms with Crippen LogP contribution in [-0.4, -0.2) is 103 Å². The standard InChI is InChI=1S/C30H46N6O4S/c1-21-27(32-20-33-28(21)31-18-22-8-10-23(11-9-22)30(2,3)4)29(37)36-17-14-25(26(19-36)40-6)35-15-12-24(13-16-35)34(5)41(7,38)39/h8-11,20,24-26H,12-19H2,1-7H3,(H,31,32,33). The summed E-state index contributed by atoms with van der Waals surface area (Å²) in [6.45, 7) is 11.8. The second-order valence-corrected chi connectivity index (χ2v) is 14.5. The van der Waals surface area contributed by atoms with Gasteiger partial charge in [-0.1, -0.05) is 45.0 Å². The van der Waals surface area contributed by atoms with E-state index in [0.29, 0.717) is 31.1 Å². The van der Waals surface area contributed by atoms with Gasteiger partial charge in [-0.2, -0.15) is 0 Å². The Bertz CT molecular complexity index is 1300. The molecule has 2 fully saturated rings. The van der Waals surface area contributed by atoms with Crippen LogP contribution in [-0.2, 0) is 26.7 Å². The number of sulfonamides is 1. The molecule has 41 heavy (non-hydrogen) atoms. The van der Waals surface area contributed by atoms with Crippen molar-refractivity contribution < 1.29 is 17.9 Å². The number of rotatable bonds is 8. The summed E-state index contributed by atoms with van der Waals surface area (Å²) in [5.74, 6) is 0.542. The van der Waals surface area contributed by atoms with Crippen molar-refractivity contribution in [1.82, 2.24) is 24.1 Å². The van der Waals surface area contributed by atoms with E-state index in [-0.39, 0.29) is 29.5 Å². The maximum Gasteiger partial charge on any atom is 0.273 e.